The number of rotatable bonds is 42. The number of aliphatic hydroxyl groups excluding tert-OH is 2. The van der Waals surface area contributed by atoms with Crippen LogP contribution in [0.4, 0.5) is 0 Å². The van der Waals surface area contributed by atoms with Gasteiger partial charge in [0, 0.05) is 12.8 Å². The van der Waals surface area contributed by atoms with Gasteiger partial charge in [-0.25, -0.2) is 0 Å². The lowest BCUT2D eigenvalue weighted by molar-refractivity contribution is -0.143. The summed E-state index contributed by atoms with van der Waals surface area (Å²) in [5.74, 6) is -0.0809. The molecule has 0 bridgehead atoms. The number of carbonyl (C=O) groups excluding carboxylic acids is 2. The van der Waals surface area contributed by atoms with Crippen LogP contribution in [0.3, 0.4) is 0 Å². The Balaban J connectivity index is 3.44. The fourth-order valence-corrected chi connectivity index (χ4v) is 6.98. The van der Waals surface area contributed by atoms with Crippen molar-refractivity contribution in [2.24, 2.45) is 0 Å². The van der Waals surface area contributed by atoms with Crippen LogP contribution in [0.5, 0.6) is 0 Å². The molecular weight excluding hydrogens is 647 g/mol. The van der Waals surface area contributed by atoms with E-state index in [-0.39, 0.29) is 18.5 Å². The third-order valence-corrected chi connectivity index (χ3v) is 10.6. The summed E-state index contributed by atoms with van der Waals surface area (Å²) in [5.41, 5.74) is 0. The molecule has 0 saturated heterocycles. The van der Waals surface area contributed by atoms with E-state index in [4.69, 9.17) is 4.74 Å². The molecule has 2 atom stereocenters. The highest BCUT2D eigenvalue weighted by Crippen LogP contribution is 2.15. The van der Waals surface area contributed by atoms with Crippen LogP contribution in [0.15, 0.2) is 12.2 Å². The first-order valence-corrected chi connectivity index (χ1v) is 23.0. The molecule has 3 N–H and O–H groups in total. The largest absolute Gasteiger partial charge is 0.466 e. The molecule has 6 heteroatoms. The van der Waals surface area contributed by atoms with Crippen molar-refractivity contribution in [3.05, 3.63) is 12.2 Å². The zero-order chi connectivity index (χ0) is 38.0. The summed E-state index contributed by atoms with van der Waals surface area (Å²) in [7, 11) is 0. The van der Waals surface area contributed by atoms with Crippen LogP contribution >= 0.6 is 0 Å². The second kappa shape index (κ2) is 42.3. The molecule has 0 aliphatic carbocycles. The molecule has 0 radical (unpaired) electrons. The molecule has 1 amide bonds. The average molecular weight is 736 g/mol. The number of aliphatic hydroxyl groups is 2. The van der Waals surface area contributed by atoms with E-state index in [0.29, 0.717) is 19.4 Å². The molecule has 0 heterocycles. The molecule has 0 spiro atoms. The maximum Gasteiger partial charge on any atom is 0.305 e. The highest BCUT2D eigenvalue weighted by atomic mass is 16.5. The number of unbranched alkanes of at least 4 members (excludes halogenated alkanes) is 31. The van der Waals surface area contributed by atoms with Crippen LogP contribution in [0.2, 0.25) is 0 Å². The Hall–Kier alpha value is -1.40. The predicted molar refractivity (Wildman–Crippen MR) is 223 cm³/mol. The first kappa shape index (κ1) is 50.6. The molecule has 2 unspecified atom stereocenters. The maximum absolute atomic E-state index is 12.3. The van der Waals surface area contributed by atoms with Crippen LogP contribution in [0, 0.1) is 0 Å². The predicted octanol–water partition coefficient (Wildman–Crippen LogP) is 13.0. The normalized spacial score (nSPS) is 12.8. The minimum absolute atomic E-state index is 0.00151. The smallest absolute Gasteiger partial charge is 0.305 e. The topological polar surface area (TPSA) is 95.9 Å². The maximum atomic E-state index is 12.3. The van der Waals surface area contributed by atoms with Gasteiger partial charge in [-0.15, -0.1) is 0 Å². The van der Waals surface area contributed by atoms with Gasteiger partial charge in [0.2, 0.25) is 5.91 Å². The molecule has 0 aromatic carbocycles. The van der Waals surface area contributed by atoms with Gasteiger partial charge in [0.1, 0.15) is 0 Å². The highest BCUT2D eigenvalue weighted by molar-refractivity contribution is 5.76. The Kier molecular flexibility index (Phi) is 41.2. The van der Waals surface area contributed by atoms with Gasteiger partial charge in [-0.1, -0.05) is 212 Å². The Morgan fingerprint density at radius 3 is 1.31 bits per heavy atom. The van der Waals surface area contributed by atoms with Gasteiger partial charge in [-0.05, 0) is 32.1 Å². The number of amides is 1. The van der Waals surface area contributed by atoms with E-state index in [0.717, 1.165) is 44.9 Å². The zero-order valence-corrected chi connectivity index (χ0v) is 34.8. The van der Waals surface area contributed by atoms with E-state index < -0.39 is 12.1 Å². The molecular formula is C46H89NO5. The summed E-state index contributed by atoms with van der Waals surface area (Å²) in [6.45, 7) is 4.84. The zero-order valence-electron chi connectivity index (χ0n) is 34.8. The number of esters is 1. The molecule has 6 nitrogen and oxygen atoms in total. The molecule has 0 fully saturated rings. The van der Waals surface area contributed by atoms with Gasteiger partial charge in [0.05, 0.1) is 25.4 Å². The van der Waals surface area contributed by atoms with E-state index in [2.05, 4.69) is 19.2 Å². The van der Waals surface area contributed by atoms with Crippen molar-refractivity contribution in [3.63, 3.8) is 0 Å². The van der Waals surface area contributed by atoms with Crippen molar-refractivity contribution in [2.45, 2.75) is 257 Å². The van der Waals surface area contributed by atoms with Gasteiger partial charge in [-0.2, -0.15) is 0 Å². The van der Waals surface area contributed by atoms with Gasteiger partial charge < -0.3 is 20.3 Å². The first-order chi connectivity index (χ1) is 25.5. The second-order valence-corrected chi connectivity index (χ2v) is 15.7. The molecule has 308 valence electrons. The summed E-state index contributed by atoms with van der Waals surface area (Å²) in [5, 5.41) is 22.8. The lowest BCUT2D eigenvalue weighted by atomic mass is 10.0. The Morgan fingerprint density at radius 1 is 0.519 bits per heavy atom. The molecule has 0 aliphatic rings. The van der Waals surface area contributed by atoms with Crippen molar-refractivity contribution in [1.29, 1.82) is 0 Å². The third kappa shape index (κ3) is 38.3. The fraction of sp³-hybridized carbons (Fsp3) is 0.913. The van der Waals surface area contributed by atoms with Crippen molar-refractivity contribution < 1.29 is 24.5 Å². The summed E-state index contributed by atoms with van der Waals surface area (Å²) in [6, 6.07) is -0.630. The molecule has 52 heavy (non-hydrogen) atoms. The number of allylic oxidation sites excluding steroid dienone is 1. The van der Waals surface area contributed by atoms with E-state index >= 15 is 0 Å². The minimum atomic E-state index is -0.846. The van der Waals surface area contributed by atoms with Gasteiger partial charge in [-0.3, -0.25) is 9.59 Å². The van der Waals surface area contributed by atoms with Gasteiger partial charge in [0.15, 0.2) is 0 Å². The van der Waals surface area contributed by atoms with E-state index in [1.54, 1.807) is 6.08 Å². The average Bonchev–Trinajstić information content (AvgIpc) is 3.14. The van der Waals surface area contributed by atoms with E-state index in [1.807, 2.05) is 6.08 Å². The molecule has 0 rings (SSSR count). The monoisotopic (exact) mass is 736 g/mol. The number of carbonyl (C=O) groups is 2. The lowest BCUT2D eigenvalue weighted by Crippen LogP contribution is -2.45. The summed E-state index contributed by atoms with van der Waals surface area (Å²) in [4.78, 5) is 24.3. The molecule has 0 saturated carbocycles. The summed E-state index contributed by atoms with van der Waals surface area (Å²) < 4.78 is 5.44. The van der Waals surface area contributed by atoms with Crippen LogP contribution in [0.25, 0.3) is 0 Å². The lowest BCUT2D eigenvalue weighted by Gasteiger charge is -2.20. The standard InChI is InChI=1S/C46H89NO5/c1-3-5-7-9-11-13-19-24-28-32-36-40-46(51)52-41-37-33-29-25-21-18-16-14-15-17-20-23-27-31-35-39-45(50)47-43(42-48)44(49)38-34-30-26-22-12-10-8-6-4-2/h34,38,43-44,48-49H,3-33,35-37,39-42H2,1-2H3,(H,47,50)/b38-34+. The summed E-state index contributed by atoms with van der Waals surface area (Å²) >= 11 is 0. The quantitative estimate of drug-likeness (QED) is 0.0329. The number of ether oxygens (including phenoxy) is 1. The number of hydrogen-bond donors (Lipinski definition) is 3. The van der Waals surface area contributed by atoms with Gasteiger partial charge in [0.25, 0.3) is 0 Å². The SMILES string of the molecule is CCCCCCCCC/C=C/C(O)C(CO)NC(=O)CCCCCCCCCCCCCCCCCOC(=O)CCCCCCCCCCCCC. The van der Waals surface area contributed by atoms with Crippen molar-refractivity contribution >= 4 is 11.9 Å². The van der Waals surface area contributed by atoms with Crippen molar-refractivity contribution in [2.75, 3.05) is 13.2 Å². The number of hydrogen-bond acceptors (Lipinski definition) is 5. The number of nitrogens with one attached hydrogen (secondary N) is 1. The fourth-order valence-electron chi connectivity index (χ4n) is 6.98. The summed E-state index contributed by atoms with van der Waals surface area (Å²) in [6.07, 6.45) is 46.3. The second-order valence-electron chi connectivity index (χ2n) is 15.7. The van der Waals surface area contributed by atoms with Crippen molar-refractivity contribution in [3.8, 4) is 0 Å². The molecule has 0 aromatic rings. The van der Waals surface area contributed by atoms with Crippen LogP contribution in [0.1, 0.15) is 245 Å². The minimum Gasteiger partial charge on any atom is -0.466 e. The Labute approximate surface area is 323 Å². The highest BCUT2D eigenvalue weighted by Gasteiger charge is 2.18. The Morgan fingerprint density at radius 2 is 0.885 bits per heavy atom. The third-order valence-electron chi connectivity index (χ3n) is 10.6. The molecule has 0 aromatic heterocycles. The van der Waals surface area contributed by atoms with E-state index in [9.17, 15) is 19.8 Å². The van der Waals surface area contributed by atoms with Crippen LogP contribution in [-0.2, 0) is 14.3 Å². The molecule has 0 aliphatic heterocycles. The van der Waals surface area contributed by atoms with Crippen LogP contribution < -0.4 is 5.32 Å². The van der Waals surface area contributed by atoms with Crippen LogP contribution in [-0.4, -0.2) is 47.4 Å². The van der Waals surface area contributed by atoms with Gasteiger partial charge >= 0.3 is 5.97 Å². The van der Waals surface area contributed by atoms with Crippen molar-refractivity contribution in [1.82, 2.24) is 5.32 Å². The van der Waals surface area contributed by atoms with E-state index in [1.165, 1.54) is 173 Å². The first-order valence-electron chi connectivity index (χ1n) is 23.0. The Bertz CT molecular complexity index is 772.